The second-order valence-electron chi connectivity index (χ2n) is 7.93. The largest absolute Gasteiger partial charge is 0.490 e. The zero-order valence-electron chi connectivity index (χ0n) is 17.6. The number of likely N-dealkylation sites (tertiary alicyclic amines) is 1. The summed E-state index contributed by atoms with van der Waals surface area (Å²) in [5.41, 5.74) is 1.65. The van der Waals surface area contributed by atoms with E-state index in [4.69, 9.17) is 16.3 Å². The molecule has 1 fully saturated rings. The number of amides is 2. The van der Waals surface area contributed by atoms with Gasteiger partial charge < -0.3 is 15.0 Å². The molecular formula is C24H29ClN2O3. The van der Waals surface area contributed by atoms with Crippen LogP contribution in [0.4, 0.5) is 0 Å². The zero-order valence-corrected chi connectivity index (χ0v) is 18.3. The molecule has 2 aromatic rings. The molecule has 0 aliphatic carbocycles. The lowest BCUT2D eigenvalue weighted by Crippen LogP contribution is -2.46. The fraction of sp³-hybridized carbons (Fsp3) is 0.417. The molecule has 5 nitrogen and oxygen atoms in total. The smallest absolute Gasteiger partial charge is 0.257 e. The van der Waals surface area contributed by atoms with Crippen molar-refractivity contribution in [3.05, 3.63) is 64.7 Å². The Kier molecular flexibility index (Phi) is 7.75. The molecule has 0 saturated carbocycles. The van der Waals surface area contributed by atoms with E-state index in [0.717, 1.165) is 24.8 Å². The molecule has 0 radical (unpaired) electrons. The number of ether oxygens (including phenoxy) is 1. The highest BCUT2D eigenvalue weighted by Gasteiger charge is 2.26. The van der Waals surface area contributed by atoms with E-state index in [0.29, 0.717) is 35.8 Å². The Morgan fingerprint density at radius 1 is 1.13 bits per heavy atom. The van der Waals surface area contributed by atoms with E-state index in [-0.39, 0.29) is 24.0 Å². The molecule has 1 heterocycles. The lowest BCUT2D eigenvalue weighted by atomic mass is 10.0. The summed E-state index contributed by atoms with van der Waals surface area (Å²) < 4.78 is 5.79. The van der Waals surface area contributed by atoms with Gasteiger partial charge in [0.15, 0.2) is 0 Å². The van der Waals surface area contributed by atoms with Gasteiger partial charge in [0, 0.05) is 30.6 Å². The van der Waals surface area contributed by atoms with E-state index in [9.17, 15) is 9.59 Å². The maximum Gasteiger partial charge on any atom is 0.257 e. The molecular weight excluding hydrogens is 400 g/mol. The van der Waals surface area contributed by atoms with Crippen LogP contribution in [0.5, 0.6) is 5.75 Å². The van der Waals surface area contributed by atoms with Crippen molar-refractivity contribution in [3.8, 4) is 5.75 Å². The zero-order chi connectivity index (χ0) is 21.5. The summed E-state index contributed by atoms with van der Waals surface area (Å²) in [5.74, 6) is 0.531. The molecule has 1 aliphatic rings. The number of hydrogen-bond donors (Lipinski definition) is 1. The Hall–Kier alpha value is -2.53. The van der Waals surface area contributed by atoms with Crippen molar-refractivity contribution in [2.24, 2.45) is 0 Å². The highest BCUT2D eigenvalue weighted by atomic mass is 35.5. The minimum Gasteiger partial charge on any atom is -0.490 e. The average Bonchev–Trinajstić information content (AvgIpc) is 2.74. The first-order valence-electron chi connectivity index (χ1n) is 10.5. The molecule has 0 unspecified atom stereocenters. The third-order valence-electron chi connectivity index (χ3n) is 5.17. The highest BCUT2D eigenvalue weighted by molar-refractivity contribution is 6.31. The van der Waals surface area contributed by atoms with Gasteiger partial charge in [0.25, 0.3) is 5.91 Å². The van der Waals surface area contributed by atoms with Crippen molar-refractivity contribution in [2.45, 2.75) is 51.7 Å². The van der Waals surface area contributed by atoms with Crippen LogP contribution in [0.25, 0.3) is 0 Å². The quantitative estimate of drug-likeness (QED) is 0.707. The van der Waals surface area contributed by atoms with Crippen molar-refractivity contribution in [3.63, 3.8) is 0 Å². The first-order chi connectivity index (χ1) is 14.4. The molecule has 30 heavy (non-hydrogen) atoms. The molecule has 1 aliphatic heterocycles. The van der Waals surface area contributed by atoms with Gasteiger partial charge in [0.2, 0.25) is 5.91 Å². The van der Waals surface area contributed by atoms with Crippen molar-refractivity contribution in [2.75, 3.05) is 13.1 Å². The van der Waals surface area contributed by atoms with Crippen LogP contribution in [-0.2, 0) is 11.2 Å². The van der Waals surface area contributed by atoms with Crippen LogP contribution in [0, 0.1) is 0 Å². The molecule has 2 aromatic carbocycles. The Morgan fingerprint density at radius 3 is 2.50 bits per heavy atom. The van der Waals surface area contributed by atoms with Crippen LogP contribution in [-0.4, -0.2) is 41.9 Å². The fourth-order valence-corrected chi connectivity index (χ4v) is 3.80. The number of carbonyl (C=O) groups excluding carboxylic acids is 2. The summed E-state index contributed by atoms with van der Waals surface area (Å²) in [6, 6.07) is 15.2. The Morgan fingerprint density at radius 2 is 1.83 bits per heavy atom. The third-order valence-corrected chi connectivity index (χ3v) is 5.40. The molecule has 0 atom stereocenters. The standard InChI is InChI=1S/C24H29ClN2O3/c1-17(2)30-22-10-9-19(25)16-21(22)24(29)27-14-12-20(13-15-27)26-23(28)11-8-18-6-4-3-5-7-18/h3-7,9-10,16-17,20H,8,11-15H2,1-2H3,(H,26,28). The average molecular weight is 429 g/mol. The number of rotatable bonds is 7. The predicted molar refractivity (Wildman–Crippen MR) is 119 cm³/mol. The topological polar surface area (TPSA) is 58.6 Å². The molecule has 6 heteroatoms. The summed E-state index contributed by atoms with van der Waals surface area (Å²) in [6.45, 7) is 5.04. The lowest BCUT2D eigenvalue weighted by Gasteiger charge is -2.33. The summed E-state index contributed by atoms with van der Waals surface area (Å²) in [5, 5.41) is 3.62. The van der Waals surface area contributed by atoms with E-state index in [1.807, 2.05) is 49.1 Å². The van der Waals surface area contributed by atoms with E-state index < -0.39 is 0 Å². The van der Waals surface area contributed by atoms with Gasteiger partial charge in [0.05, 0.1) is 11.7 Å². The van der Waals surface area contributed by atoms with E-state index in [2.05, 4.69) is 5.32 Å². The van der Waals surface area contributed by atoms with Crippen LogP contribution in [0.1, 0.15) is 49.0 Å². The fourth-order valence-electron chi connectivity index (χ4n) is 3.63. The monoisotopic (exact) mass is 428 g/mol. The third kappa shape index (κ3) is 6.23. The van der Waals surface area contributed by atoms with Crippen LogP contribution in [0.3, 0.4) is 0 Å². The summed E-state index contributed by atoms with van der Waals surface area (Å²) >= 11 is 6.12. The molecule has 1 saturated heterocycles. The molecule has 0 bridgehead atoms. The predicted octanol–water partition coefficient (Wildman–Crippen LogP) is 4.48. The van der Waals surface area contributed by atoms with Gasteiger partial charge in [-0.05, 0) is 56.9 Å². The number of aryl methyl sites for hydroxylation is 1. The Labute approximate surface area is 183 Å². The minimum absolute atomic E-state index is 0.0328. The summed E-state index contributed by atoms with van der Waals surface area (Å²) in [4.78, 5) is 27.1. The van der Waals surface area contributed by atoms with Crippen molar-refractivity contribution in [1.82, 2.24) is 10.2 Å². The van der Waals surface area contributed by atoms with Crippen LogP contribution < -0.4 is 10.1 Å². The SMILES string of the molecule is CC(C)Oc1ccc(Cl)cc1C(=O)N1CCC(NC(=O)CCc2ccccc2)CC1. The normalized spacial score (nSPS) is 14.6. The molecule has 3 rings (SSSR count). The second kappa shape index (κ2) is 10.5. The van der Waals surface area contributed by atoms with E-state index in [1.165, 1.54) is 0 Å². The van der Waals surface area contributed by atoms with E-state index in [1.54, 1.807) is 18.2 Å². The van der Waals surface area contributed by atoms with Crippen LogP contribution >= 0.6 is 11.6 Å². The number of halogens is 1. The molecule has 0 spiro atoms. The van der Waals surface area contributed by atoms with Crippen molar-refractivity contribution < 1.29 is 14.3 Å². The molecule has 1 N–H and O–H groups in total. The van der Waals surface area contributed by atoms with E-state index >= 15 is 0 Å². The maximum atomic E-state index is 13.0. The molecule has 160 valence electrons. The number of nitrogens with one attached hydrogen (secondary N) is 1. The highest BCUT2D eigenvalue weighted by Crippen LogP contribution is 2.26. The van der Waals surface area contributed by atoms with Gasteiger partial charge in [-0.2, -0.15) is 0 Å². The van der Waals surface area contributed by atoms with Crippen LogP contribution in [0.2, 0.25) is 5.02 Å². The summed E-state index contributed by atoms with van der Waals surface area (Å²) in [6.07, 6.45) is 2.65. The lowest BCUT2D eigenvalue weighted by molar-refractivity contribution is -0.122. The van der Waals surface area contributed by atoms with Crippen molar-refractivity contribution >= 4 is 23.4 Å². The minimum atomic E-state index is -0.0815. The van der Waals surface area contributed by atoms with Gasteiger partial charge in [0.1, 0.15) is 5.75 Å². The van der Waals surface area contributed by atoms with Gasteiger partial charge in [-0.15, -0.1) is 0 Å². The number of carbonyl (C=O) groups is 2. The number of nitrogens with zero attached hydrogens (tertiary/aromatic N) is 1. The Bertz CT molecular complexity index is 862. The maximum absolute atomic E-state index is 13.0. The first kappa shape index (κ1) is 22.2. The first-order valence-corrected chi connectivity index (χ1v) is 10.9. The molecule has 2 amide bonds. The second-order valence-corrected chi connectivity index (χ2v) is 8.36. The summed E-state index contributed by atoms with van der Waals surface area (Å²) in [7, 11) is 0. The Balaban J connectivity index is 1.51. The van der Waals surface area contributed by atoms with Gasteiger partial charge >= 0.3 is 0 Å². The van der Waals surface area contributed by atoms with Crippen molar-refractivity contribution in [1.29, 1.82) is 0 Å². The number of piperidine rings is 1. The van der Waals surface area contributed by atoms with Gasteiger partial charge in [-0.3, -0.25) is 9.59 Å². The van der Waals surface area contributed by atoms with Gasteiger partial charge in [-0.1, -0.05) is 41.9 Å². The van der Waals surface area contributed by atoms with Crippen LogP contribution in [0.15, 0.2) is 48.5 Å². The molecule has 0 aromatic heterocycles. The number of hydrogen-bond acceptors (Lipinski definition) is 3. The van der Waals surface area contributed by atoms with Gasteiger partial charge in [-0.25, -0.2) is 0 Å². The number of benzene rings is 2.